The number of halogens is 2. The average Bonchev–Trinajstić information content (AvgIpc) is 2.40. The van der Waals surface area contributed by atoms with Crippen molar-refractivity contribution < 1.29 is 9.84 Å². The van der Waals surface area contributed by atoms with Crippen LogP contribution in [0.1, 0.15) is 0 Å². The van der Waals surface area contributed by atoms with Gasteiger partial charge in [-0.1, -0.05) is 0 Å². The van der Waals surface area contributed by atoms with Crippen molar-refractivity contribution in [3.63, 3.8) is 0 Å². The fraction of sp³-hybridized carbons (Fsp3) is 0.500. The third-order valence-electron chi connectivity index (χ3n) is 2.66. The van der Waals surface area contributed by atoms with Crippen molar-refractivity contribution in [3.05, 3.63) is 24.3 Å². The molecule has 0 saturated carbocycles. The molecule has 1 atom stereocenters. The molecular weight excluding hydrogens is 275 g/mol. The Morgan fingerprint density at radius 2 is 1.94 bits per heavy atom. The summed E-state index contributed by atoms with van der Waals surface area (Å²) in [6.45, 7) is 2.22. The number of rotatable bonds is 2. The van der Waals surface area contributed by atoms with Gasteiger partial charge in [-0.05, 0) is 24.3 Å². The summed E-state index contributed by atoms with van der Waals surface area (Å²) in [5.74, 6) is 0. The first-order chi connectivity index (χ1) is 8.72. The van der Waals surface area contributed by atoms with Crippen molar-refractivity contribution in [2.45, 2.75) is 6.04 Å². The summed E-state index contributed by atoms with van der Waals surface area (Å²) in [6, 6.07) is 7.76. The number of morpholine rings is 1. The van der Waals surface area contributed by atoms with Gasteiger partial charge in [0, 0.05) is 17.9 Å². The second-order valence-corrected chi connectivity index (χ2v) is 4.61. The molecule has 1 aliphatic rings. The molecular formula is C12H18Cl2N2O2. The number of anilines is 2. The smallest absolute Gasteiger partial charge is 0.0967 e. The van der Waals surface area contributed by atoms with Crippen LogP contribution in [0.3, 0.4) is 0 Å². The van der Waals surface area contributed by atoms with E-state index in [0.717, 1.165) is 17.9 Å². The summed E-state index contributed by atoms with van der Waals surface area (Å²) in [4.78, 5) is 2.16. The Bertz CT molecular complexity index is 335. The molecule has 1 aromatic rings. The van der Waals surface area contributed by atoms with Gasteiger partial charge in [-0.25, -0.2) is 0 Å². The molecule has 1 heterocycles. The topological polar surface area (TPSA) is 58.7 Å². The zero-order valence-electron chi connectivity index (χ0n) is 10.1. The second kappa shape index (κ2) is 8.43. The summed E-state index contributed by atoms with van der Waals surface area (Å²) in [6.07, 6.45) is 0. The highest BCUT2D eigenvalue weighted by atomic mass is 35.5. The second-order valence-electron chi connectivity index (χ2n) is 3.80. The number of ether oxygens (including phenoxy) is 1. The largest absolute Gasteiger partial charge is 0.399 e. The van der Waals surface area contributed by atoms with E-state index in [-0.39, 0.29) is 18.0 Å². The van der Waals surface area contributed by atoms with E-state index in [2.05, 4.69) is 4.90 Å². The average molecular weight is 293 g/mol. The summed E-state index contributed by atoms with van der Waals surface area (Å²) in [5.41, 5.74) is 7.48. The quantitative estimate of drug-likeness (QED) is 0.646. The molecule has 0 spiro atoms. The van der Waals surface area contributed by atoms with Crippen LogP contribution in [0.4, 0.5) is 11.4 Å². The normalized spacial score (nSPS) is 19.1. The minimum absolute atomic E-state index is 0.0578. The van der Waals surface area contributed by atoms with Gasteiger partial charge in [0.15, 0.2) is 0 Å². The van der Waals surface area contributed by atoms with Crippen molar-refractivity contribution in [2.24, 2.45) is 0 Å². The first kappa shape index (κ1) is 15.4. The van der Waals surface area contributed by atoms with Crippen LogP contribution in [0.25, 0.3) is 0 Å². The van der Waals surface area contributed by atoms with E-state index in [1.165, 1.54) is 0 Å². The van der Waals surface area contributed by atoms with E-state index in [1.807, 2.05) is 24.3 Å². The molecule has 4 nitrogen and oxygen atoms in total. The number of hydrogen-bond donors (Lipinski definition) is 2. The SMILES string of the molecule is ClCCl.Nc1ccc(N2CCOC[C@@H]2CO)cc1. The van der Waals surface area contributed by atoms with E-state index in [1.54, 1.807) is 0 Å². The number of hydrogen-bond acceptors (Lipinski definition) is 4. The molecule has 0 radical (unpaired) electrons. The van der Waals surface area contributed by atoms with Gasteiger partial charge >= 0.3 is 0 Å². The third-order valence-corrected chi connectivity index (χ3v) is 2.66. The lowest BCUT2D eigenvalue weighted by Crippen LogP contribution is -2.47. The Labute approximate surface area is 117 Å². The van der Waals surface area contributed by atoms with Gasteiger partial charge in [0.2, 0.25) is 0 Å². The first-order valence-corrected chi connectivity index (χ1v) is 6.72. The van der Waals surface area contributed by atoms with Crippen LogP contribution in [-0.2, 0) is 4.74 Å². The summed E-state index contributed by atoms with van der Waals surface area (Å²) >= 11 is 9.53. The molecule has 18 heavy (non-hydrogen) atoms. The van der Waals surface area contributed by atoms with Gasteiger partial charge < -0.3 is 20.5 Å². The number of nitrogen functional groups attached to an aromatic ring is 1. The van der Waals surface area contributed by atoms with Gasteiger partial charge in [0.1, 0.15) is 0 Å². The maximum Gasteiger partial charge on any atom is 0.0967 e. The lowest BCUT2D eigenvalue weighted by molar-refractivity contribution is 0.0727. The number of aliphatic hydroxyl groups is 1. The zero-order valence-corrected chi connectivity index (χ0v) is 11.6. The Morgan fingerprint density at radius 1 is 1.33 bits per heavy atom. The number of alkyl halides is 2. The van der Waals surface area contributed by atoms with Gasteiger partial charge in [-0.3, -0.25) is 0 Å². The van der Waals surface area contributed by atoms with E-state index in [4.69, 9.17) is 33.7 Å². The molecule has 3 N–H and O–H groups in total. The Balaban J connectivity index is 0.000000492. The standard InChI is InChI=1S/C11H16N2O2.CH2Cl2/c12-9-1-3-10(4-2-9)13-5-6-15-8-11(13)7-14;2-1-3/h1-4,11,14H,5-8,12H2;1H2/t11-;/m0./s1. The molecule has 102 valence electrons. The van der Waals surface area contributed by atoms with Crippen LogP contribution < -0.4 is 10.6 Å². The Kier molecular flexibility index (Phi) is 7.20. The minimum Gasteiger partial charge on any atom is -0.399 e. The molecule has 0 bridgehead atoms. The van der Waals surface area contributed by atoms with E-state index in [9.17, 15) is 5.11 Å². The molecule has 1 aromatic carbocycles. The molecule has 2 rings (SSSR count). The minimum atomic E-state index is 0.0578. The highest BCUT2D eigenvalue weighted by molar-refractivity contribution is 6.40. The van der Waals surface area contributed by atoms with E-state index in [0.29, 0.717) is 13.2 Å². The van der Waals surface area contributed by atoms with Gasteiger partial charge in [-0.2, -0.15) is 0 Å². The van der Waals surface area contributed by atoms with Crippen molar-refractivity contribution in [2.75, 3.05) is 42.3 Å². The van der Waals surface area contributed by atoms with Crippen LogP contribution in [0, 0.1) is 0 Å². The number of benzene rings is 1. The van der Waals surface area contributed by atoms with Crippen LogP contribution in [0.2, 0.25) is 0 Å². The van der Waals surface area contributed by atoms with Crippen molar-refractivity contribution in [1.82, 2.24) is 0 Å². The van der Waals surface area contributed by atoms with Crippen molar-refractivity contribution in [3.8, 4) is 0 Å². The highest BCUT2D eigenvalue weighted by Gasteiger charge is 2.22. The van der Waals surface area contributed by atoms with Gasteiger partial charge in [0.05, 0.1) is 31.2 Å². The third kappa shape index (κ3) is 4.53. The summed E-state index contributed by atoms with van der Waals surface area (Å²) < 4.78 is 5.32. The number of nitrogens with two attached hydrogens (primary N) is 1. The van der Waals surface area contributed by atoms with Gasteiger partial charge in [-0.15, -0.1) is 23.2 Å². The molecule has 0 aliphatic carbocycles. The van der Waals surface area contributed by atoms with Crippen LogP contribution in [0.15, 0.2) is 24.3 Å². The molecule has 6 heteroatoms. The van der Waals surface area contributed by atoms with Crippen LogP contribution in [-0.4, -0.2) is 42.9 Å². The van der Waals surface area contributed by atoms with Crippen molar-refractivity contribution >= 4 is 34.6 Å². The van der Waals surface area contributed by atoms with Crippen LogP contribution >= 0.6 is 23.2 Å². The predicted molar refractivity (Wildman–Crippen MR) is 76.5 cm³/mol. The zero-order chi connectivity index (χ0) is 13.4. The predicted octanol–water partition coefficient (Wildman–Crippen LogP) is 1.89. The molecule has 1 aliphatic heterocycles. The maximum atomic E-state index is 9.23. The van der Waals surface area contributed by atoms with Gasteiger partial charge in [0.25, 0.3) is 0 Å². The first-order valence-electron chi connectivity index (χ1n) is 5.65. The maximum absolute atomic E-state index is 9.23. The van der Waals surface area contributed by atoms with Crippen molar-refractivity contribution in [1.29, 1.82) is 0 Å². The summed E-state index contributed by atoms with van der Waals surface area (Å²) in [7, 11) is 0. The lowest BCUT2D eigenvalue weighted by Gasteiger charge is -2.36. The monoisotopic (exact) mass is 292 g/mol. The fourth-order valence-corrected chi connectivity index (χ4v) is 1.81. The Morgan fingerprint density at radius 3 is 2.50 bits per heavy atom. The lowest BCUT2D eigenvalue weighted by atomic mass is 10.2. The van der Waals surface area contributed by atoms with E-state index >= 15 is 0 Å². The van der Waals surface area contributed by atoms with Crippen LogP contribution in [0.5, 0.6) is 0 Å². The highest BCUT2D eigenvalue weighted by Crippen LogP contribution is 2.20. The van der Waals surface area contributed by atoms with E-state index < -0.39 is 0 Å². The number of nitrogens with zero attached hydrogens (tertiary/aromatic N) is 1. The Hall–Kier alpha value is -0.680. The molecule has 0 aromatic heterocycles. The molecule has 0 amide bonds. The summed E-state index contributed by atoms with van der Waals surface area (Å²) in [5, 5.41) is 9.43. The molecule has 1 saturated heterocycles. The number of aliphatic hydroxyl groups excluding tert-OH is 1. The fourth-order valence-electron chi connectivity index (χ4n) is 1.81. The molecule has 1 fully saturated rings. The molecule has 0 unspecified atom stereocenters.